The van der Waals surface area contributed by atoms with Crippen LogP contribution in [0.15, 0.2) is 91.1 Å². The normalized spacial score (nSPS) is 16.6. The molecule has 3 aromatic carbocycles. The summed E-state index contributed by atoms with van der Waals surface area (Å²) >= 11 is 0. The minimum absolute atomic E-state index is 0.0365. The summed E-state index contributed by atoms with van der Waals surface area (Å²) in [6.45, 7) is 2.31. The molecular weight excluding hydrogens is 501 g/mol. The Hall–Kier alpha value is -4.04. The zero-order valence-corrected chi connectivity index (χ0v) is 21.8. The van der Waals surface area contributed by atoms with Crippen LogP contribution in [0, 0.1) is 12.7 Å². The Morgan fingerprint density at radius 1 is 1.05 bits per heavy atom. The molecule has 0 radical (unpaired) electrons. The van der Waals surface area contributed by atoms with Crippen molar-refractivity contribution in [3.63, 3.8) is 0 Å². The van der Waals surface area contributed by atoms with Crippen molar-refractivity contribution < 1.29 is 17.6 Å². The van der Waals surface area contributed by atoms with Gasteiger partial charge in [0.15, 0.2) is 9.84 Å². The molecule has 4 aromatic rings. The molecule has 38 heavy (non-hydrogen) atoms. The first-order valence-electron chi connectivity index (χ1n) is 12.4. The number of hydrogen-bond donors (Lipinski definition) is 0. The lowest BCUT2D eigenvalue weighted by atomic mass is 10.1. The van der Waals surface area contributed by atoms with Gasteiger partial charge in [-0.25, -0.2) is 17.5 Å². The van der Waals surface area contributed by atoms with Gasteiger partial charge in [-0.1, -0.05) is 48.0 Å². The maximum atomic E-state index is 13.6. The number of halogens is 1. The summed E-state index contributed by atoms with van der Waals surface area (Å²) < 4.78 is 39.7. The van der Waals surface area contributed by atoms with Gasteiger partial charge in [0.1, 0.15) is 5.82 Å². The van der Waals surface area contributed by atoms with Crippen LogP contribution in [0.1, 0.15) is 23.1 Å². The Morgan fingerprint density at radius 2 is 1.76 bits per heavy atom. The summed E-state index contributed by atoms with van der Waals surface area (Å²) in [7, 11) is -3.18. The van der Waals surface area contributed by atoms with Gasteiger partial charge in [-0.05, 0) is 61.4 Å². The fraction of sp³-hybridized carbons (Fsp3) is 0.200. The van der Waals surface area contributed by atoms with Gasteiger partial charge < -0.3 is 4.90 Å². The third-order valence-electron chi connectivity index (χ3n) is 6.69. The van der Waals surface area contributed by atoms with Crippen molar-refractivity contribution in [2.24, 2.45) is 0 Å². The second-order valence-corrected chi connectivity index (χ2v) is 11.8. The lowest BCUT2D eigenvalue weighted by Crippen LogP contribution is -2.39. The lowest BCUT2D eigenvalue weighted by Gasteiger charge is -2.27. The SMILES string of the molecule is Cc1ccc(CN(C(=O)/C=C/c2cn(-c3ccccc3)nc2-c2ccc(F)cc2)C2CCS(=O)(=O)C2)cc1. The minimum Gasteiger partial charge on any atom is -0.331 e. The van der Waals surface area contributed by atoms with Gasteiger partial charge in [0.2, 0.25) is 5.91 Å². The number of hydrogen-bond acceptors (Lipinski definition) is 4. The molecule has 1 fully saturated rings. The van der Waals surface area contributed by atoms with Crippen molar-refractivity contribution in [1.82, 2.24) is 14.7 Å². The van der Waals surface area contributed by atoms with E-state index in [0.29, 0.717) is 29.8 Å². The first kappa shape index (κ1) is 25.6. The first-order chi connectivity index (χ1) is 18.3. The zero-order valence-electron chi connectivity index (χ0n) is 21.0. The van der Waals surface area contributed by atoms with Gasteiger partial charge in [-0.3, -0.25) is 4.79 Å². The Labute approximate surface area is 222 Å². The Morgan fingerprint density at radius 3 is 2.42 bits per heavy atom. The van der Waals surface area contributed by atoms with E-state index in [4.69, 9.17) is 5.10 Å². The molecule has 2 heterocycles. The summed E-state index contributed by atoms with van der Waals surface area (Å²) in [5.74, 6) is -0.574. The molecule has 1 aromatic heterocycles. The van der Waals surface area contributed by atoms with E-state index in [0.717, 1.165) is 16.8 Å². The van der Waals surface area contributed by atoms with Gasteiger partial charge in [-0.2, -0.15) is 5.10 Å². The molecule has 1 unspecified atom stereocenters. The summed E-state index contributed by atoms with van der Waals surface area (Å²) in [6.07, 6.45) is 5.40. The highest BCUT2D eigenvalue weighted by Crippen LogP contribution is 2.26. The lowest BCUT2D eigenvalue weighted by molar-refractivity contribution is -0.128. The van der Waals surface area contributed by atoms with Crippen LogP contribution in [0.2, 0.25) is 0 Å². The Balaban J connectivity index is 1.48. The summed E-state index contributed by atoms with van der Waals surface area (Å²) in [6, 6.07) is 23.1. The molecule has 1 aliphatic heterocycles. The molecular formula is C30H28FN3O3S. The van der Waals surface area contributed by atoms with Crippen LogP contribution in [0.4, 0.5) is 4.39 Å². The van der Waals surface area contributed by atoms with Crippen molar-refractivity contribution in [3.8, 4) is 16.9 Å². The van der Waals surface area contributed by atoms with E-state index < -0.39 is 9.84 Å². The Bertz CT molecular complexity index is 1560. The van der Waals surface area contributed by atoms with Gasteiger partial charge in [0.05, 0.1) is 22.9 Å². The first-order valence-corrected chi connectivity index (χ1v) is 14.3. The summed E-state index contributed by atoms with van der Waals surface area (Å²) in [5.41, 5.74) is 4.89. The maximum absolute atomic E-state index is 13.6. The molecule has 0 aliphatic carbocycles. The van der Waals surface area contributed by atoms with Crippen LogP contribution in [0.3, 0.4) is 0 Å². The number of aromatic nitrogens is 2. The molecule has 0 saturated carbocycles. The van der Waals surface area contributed by atoms with Crippen molar-refractivity contribution in [3.05, 3.63) is 114 Å². The van der Waals surface area contributed by atoms with Crippen LogP contribution in [0.25, 0.3) is 23.0 Å². The van der Waals surface area contributed by atoms with Gasteiger partial charge in [-0.15, -0.1) is 0 Å². The standard InChI is InChI=1S/C30H28FN3O3S/c1-22-7-9-23(10-8-22)19-33(28-17-18-38(36,37)21-28)29(35)16-13-25-20-34(27-5-3-2-4-6-27)32-30(25)24-11-14-26(31)15-12-24/h2-16,20,28H,17-19,21H2,1H3/b16-13+. The van der Waals surface area contributed by atoms with Crippen LogP contribution in [0.5, 0.6) is 0 Å². The molecule has 8 heteroatoms. The molecule has 1 saturated heterocycles. The monoisotopic (exact) mass is 529 g/mol. The Kier molecular flexibility index (Phi) is 7.24. The largest absolute Gasteiger partial charge is 0.331 e. The van der Waals surface area contributed by atoms with Crippen molar-refractivity contribution in [2.45, 2.75) is 25.9 Å². The van der Waals surface area contributed by atoms with Gasteiger partial charge >= 0.3 is 0 Å². The fourth-order valence-corrected chi connectivity index (χ4v) is 6.34. The molecule has 1 atom stereocenters. The molecule has 194 valence electrons. The number of para-hydroxylation sites is 1. The number of rotatable bonds is 7. The zero-order chi connectivity index (χ0) is 26.7. The molecule has 0 bridgehead atoms. The predicted molar refractivity (Wildman–Crippen MR) is 147 cm³/mol. The molecule has 0 spiro atoms. The van der Waals surface area contributed by atoms with Crippen LogP contribution in [-0.2, 0) is 21.2 Å². The average Bonchev–Trinajstić information content (AvgIpc) is 3.51. The number of sulfone groups is 1. The van der Waals surface area contributed by atoms with Crippen molar-refractivity contribution in [1.29, 1.82) is 0 Å². The highest BCUT2D eigenvalue weighted by atomic mass is 32.2. The topological polar surface area (TPSA) is 72.3 Å². The van der Waals surface area contributed by atoms with E-state index in [-0.39, 0.29) is 29.3 Å². The van der Waals surface area contributed by atoms with Gasteiger partial charge in [0.25, 0.3) is 0 Å². The van der Waals surface area contributed by atoms with Gasteiger partial charge in [0, 0.05) is 36.0 Å². The van der Waals surface area contributed by atoms with E-state index in [2.05, 4.69) is 0 Å². The van der Waals surface area contributed by atoms with Crippen LogP contribution in [-0.4, -0.2) is 46.6 Å². The number of carbonyl (C=O) groups is 1. The summed E-state index contributed by atoms with van der Waals surface area (Å²) in [4.78, 5) is 15.2. The molecule has 6 nitrogen and oxygen atoms in total. The third kappa shape index (κ3) is 5.92. The maximum Gasteiger partial charge on any atom is 0.247 e. The number of nitrogens with zero attached hydrogens (tertiary/aromatic N) is 3. The van der Waals surface area contributed by atoms with Crippen molar-refractivity contribution in [2.75, 3.05) is 11.5 Å². The molecule has 0 N–H and O–H groups in total. The summed E-state index contributed by atoms with van der Waals surface area (Å²) in [5, 5.41) is 4.71. The number of amides is 1. The predicted octanol–water partition coefficient (Wildman–Crippen LogP) is 5.22. The second kappa shape index (κ2) is 10.8. The fourth-order valence-electron chi connectivity index (χ4n) is 4.61. The van der Waals surface area contributed by atoms with Crippen LogP contribution >= 0.6 is 0 Å². The van der Waals surface area contributed by atoms with Crippen molar-refractivity contribution >= 4 is 21.8 Å². The highest BCUT2D eigenvalue weighted by molar-refractivity contribution is 7.91. The number of aryl methyl sites for hydroxylation is 1. The van der Waals surface area contributed by atoms with E-state index >= 15 is 0 Å². The molecule has 5 rings (SSSR count). The minimum atomic E-state index is -3.18. The molecule has 1 aliphatic rings. The number of carbonyl (C=O) groups excluding carboxylic acids is 1. The van der Waals surface area contributed by atoms with E-state index in [1.807, 2.05) is 67.7 Å². The second-order valence-electron chi connectivity index (χ2n) is 9.56. The molecule has 1 amide bonds. The number of benzene rings is 3. The van der Waals surface area contributed by atoms with E-state index in [9.17, 15) is 17.6 Å². The average molecular weight is 530 g/mol. The smallest absolute Gasteiger partial charge is 0.247 e. The van der Waals surface area contributed by atoms with E-state index in [1.54, 1.807) is 27.8 Å². The third-order valence-corrected chi connectivity index (χ3v) is 8.44. The quantitative estimate of drug-likeness (QED) is 0.308. The highest BCUT2D eigenvalue weighted by Gasteiger charge is 2.34. The van der Waals surface area contributed by atoms with E-state index in [1.165, 1.54) is 18.2 Å². The van der Waals surface area contributed by atoms with Crippen LogP contribution < -0.4 is 0 Å².